The van der Waals surface area contributed by atoms with Crippen LogP contribution in [0.4, 0.5) is 5.69 Å². The first-order chi connectivity index (χ1) is 18.6. The summed E-state index contributed by atoms with van der Waals surface area (Å²) in [5, 5.41) is 11.8. The van der Waals surface area contributed by atoms with Crippen molar-refractivity contribution in [1.29, 1.82) is 0 Å². The van der Waals surface area contributed by atoms with Crippen LogP contribution in [0.15, 0.2) is 88.5 Å². The Balaban J connectivity index is 1.63. The van der Waals surface area contributed by atoms with Crippen LogP contribution >= 0.6 is 0 Å². The molecule has 0 saturated carbocycles. The lowest BCUT2D eigenvalue weighted by molar-refractivity contribution is -0.117. The van der Waals surface area contributed by atoms with Gasteiger partial charge in [-0.15, -0.1) is 0 Å². The molecular formula is C32H31NO6. The number of carbonyl (C=O) groups excluding carboxylic acids is 2. The third-order valence-corrected chi connectivity index (χ3v) is 6.92. The van der Waals surface area contributed by atoms with E-state index < -0.39 is 23.5 Å². The van der Waals surface area contributed by atoms with Gasteiger partial charge in [-0.1, -0.05) is 57.2 Å². The van der Waals surface area contributed by atoms with Gasteiger partial charge in [-0.2, -0.15) is 0 Å². The number of benzene rings is 3. The third kappa shape index (κ3) is 4.65. The van der Waals surface area contributed by atoms with Crippen molar-refractivity contribution < 1.29 is 28.6 Å². The summed E-state index contributed by atoms with van der Waals surface area (Å²) < 4.78 is 16.8. The molecular weight excluding hydrogens is 494 g/mol. The van der Waals surface area contributed by atoms with Crippen LogP contribution in [-0.2, 0) is 10.2 Å². The molecule has 1 aromatic heterocycles. The molecule has 7 nitrogen and oxygen atoms in total. The fourth-order valence-corrected chi connectivity index (χ4v) is 4.90. The number of fused-ring (bicyclic) bond motifs is 1. The zero-order valence-corrected chi connectivity index (χ0v) is 22.6. The molecule has 1 aliphatic heterocycles. The number of ketones is 1. The maximum Gasteiger partial charge on any atom is 0.294 e. The summed E-state index contributed by atoms with van der Waals surface area (Å²) in [6.07, 6.45) is 0. The second-order valence-corrected chi connectivity index (χ2v) is 10.5. The number of aliphatic hydroxyl groups excluding tert-OH is 1. The van der Waals surface area contributed by atoms with Gasteiger partial charge < -0.3 is 19.0 Å². The Kier molecular flexibility index (Phi) is 6.68. The second kappa shape index (κ2) is 9.98. The number of para-hydroxylation sites is 1. The Hall–Kier alpha value is -4.52. The number of rotatable bonds is 7. The van der Waals surface area contributed by atoms with Gasteiger partial charge in [0.2, 0.25) is 5.78 Å². The lowest BCUT2D eigenvalue weighted by Crippen LogP contribution is -2.31. The van der Waals surface area contributed by atoms with Crippen LogP contribution in [0.5, 0.6) is 11.5 Å². The minimum atomic E-state index is -0.868. The largest absolute Gasteiger partial charge is 0.503 e. The van der Waals surface area contributed by atoms with Gasteiger partial charge in [0.1, 0.15) is 5.75 Å². The molecule has 1 aliphatic rings. The molecule has 0 saturated heterocycles. The molecule has 7 heteroatoms. The van der Waals surface area contributed by atoms with E-state index >= 15 is 0 Å². The molecule has 3 aromatic carbocycles. The predicted molar refractivity (Wildman–Crippen MR) is 150 cm³/mol. The van der Waals surface area contributed by atoms with Gasteiger partial charge in [0, 0.05) is 11.1 Å². The Labute approximate surface area is 227 Å². The zero-order chi connectivity index (χ0) is 27.9. The van der Waals surface area contributed by atoms with Gasteiger partial charge in [0.05, 0.1) is 25.3 Å². The zero-order valence-electron chi connectivity index (χ0n) is 22.6. The van der Waals surface area contributed by atoms with Crippen molar-refractivity contribution in [2.45, 2.75) is 39.2 Å². The van der Waals surface area contributed by atoms with E-state index in [-0.39, 0.29) is 16.7 Å². The van der Waals surface area contributed by atoms with Crippen molar-refractivity contribution in [2.24, 2.45) is 0 Å². The first-order valence-electron chi connectivity index (χ1n) is 12.8. The molecule has 0 aliphatic carbocycles. The van der Waals surface area contributed by atoms with Gasteiger partial charge in [-0.25, -0.2) is 0 Å². The number of hydrogen-bond acceptors (Lipinski definition) is 6. The monoisotopic (exact) mass is 525 g/mol. The Morgan fingerprint density at radius 1 is 1.03 bits per heavy atom. The highest BCUT2D eigenvalue weighted by Gasteiger charge is 2.45. The van der Waals surface area contributed by atoms with Gasteiger partial charge in [-0.3, -0.25) is 14.5 Å². The number of ether oxygens (including phenoxy) is 2. The smallest absolute Gasteiger partial charge is 0.294 e. The van der Waals surface area contributed by atoms with Gasteiger partial charge in [-0.05, 0) is 59.9 Å². The topological polar surface area (TPSA) is 89.2 Å². The Morgan fingerprint density at radius 3 is 2.33 bits per heavy atom. The number of Topliss-reactive ketones (excluding diaryl/α,β-unsaturated/α-hetero) is 1. The highest BCUT2D eigenvalue weighted by atomic mass is 16.5. The number of anilines is 1. The maximum absolute atomic E-state index is 13.9. The van der Waals surface area contributed by atoms with E-state index in [1.165, 1.54) is 12.0 Å². The van der Waals surface area contributed by atoms with Crippen molar-refractivity contribution in [1.82, 2.24) is 0 Å². The number of methoxy groups -OCH3 is 1. The molecule has 4 aromatic rings. The molecule has 1 amide bonds. The molecule has 0 fully saturated rings. The number of aliphatic hydroxyl groups is 1. The highest BCUT2D eigenvalue weighted by molar-refractivity contribution is 6.20. The lowest BCUT2D eigenvalue weighted by Gasteiger charge is -2.28. The average molecular weight is 526 g/mol. The number of furan rings is 1. The van der Waals surface area contributed by atoms with E-state index in [0.717, 1.165) is 5.56 Å². The van der Waals surface area contributed by atoms with Crippen molar-refractivity contribution in [3.05, 3.63) is 101 Å². The minimum Gasteiger partial charge on any atom is -0.503 e. The number of carbonyl (C=O) groups is 2. The van der Waals surface area contributed by atoms with Gasteiger partial charge in [0.15, 0.2) is 22.9 Å². The van der Waals surface area contributed by atoms with Crippen molar-refractivity contribution in [3.8, 4) is 11.5 Å². The van der Waals surface area contributed by atoms with E-state index in [1.807, 2.05) is 31.2 Å². The Bertz CT molecular complexity index is 1570. The van der Waals surface area contributed by atoms with Crippen LogP contribution in [0.3, 0.4) is 0 Å². The van der Waals surface area contributed by atoms with Crippen LogP contribution in [-0.4, -0.2) is 30.5 Å². The molecule has 1 N–H and O–H groups in total. The summed E-state index contributed by atoms with van der Waals surface area (Å²) >= 11 is 0. The van der Waals surface area contributed by atoms with Gasteiger partial charge in [0.25, 0.3) is 5.91 Å². The van der Waals surface area contributed by atoms with Crippen LogP contribution < -0.4 is 14.4 Å². The predicted octanol–water partition coefficient (Wildman–Crippen LogP) is 6.92. The standard InChI is InChI=1S/C32H31NO6/c1-6-38-23-16-14-22(15-17-23)33-27(19-10-12-21(13-11-19)32(2,3)4)26(29(35)31(33)36)28(34)25-18-20-8-7-9-24(37-5)30(20)39-25/h7-18,27,35H,6H2,1-5H3. The molecule has 0 spiro atoms. The maximum atomic E-state index is 13.9. The molecule has 5 rings (SSSR count). The van der Waals surface area contributed by atoms with E-state index in [0.29, 0.717) is 40.3 Å². The minimum absolute atomic E-state index is 0.00806. The molecule has 1 atom stereocenters. The van der Waals surface area contributed by atoms with Gasteiger partial charge >= 0.3 is 0 Å². The lowest BCUT2D eigenvalue weighted by atomic mass is 9.85. The molecule has 0 radical (unpaired) electrons. The first kappa shape index (κ1) is 26.1. The second-order valence-electron chi connectivity index (χ2n) is 10.5. The summed E-state index contributed by atoms with van der Waals surface area (Å²) in [6, 6.07) is 20.8. The third-order valence-electron chi connectivity index (χ3n) is 6.92. The summed E-state index contributed by atoms with van der Waals surface area (Å²) in [6.45, 7) is 8.74. The molecule has 39 heavy (non-hydrogen) atoms. The van der Waals surface area contributed by atoms with Crippen LogP contribution in [0.25, 0.3) is 11.0 Å². The summed E-state index contributed by atoms with van der Waals surface area (Å²) in [5.74, 6) is -0.695. The molecule has 200 valence electrons. The van der Waals surface area contributed by atoms with Crippen molar-refractivity contribution in [3.63, 3.8) is 0 Å². The van der Waals surface area contributed by atoms with E-state index in [4.69, 9.17) is 13.9 Å². The number of hydrogen-bond donors (Lipinski definition) is 1. The molecule has 1 unspecified atom stereocenters. The Morgan fingerprint density at radius 2 is 1.72 bits per heavy atom. The number of amides is 1. The summed E-state index contributed by atoms with van der Waals surface area (Å²) in [4.78, 5) is 28.9. The fourth-order valence-electron chi connectivity index (χ4n) is 4.90. The SMILES string of the molecule is CCOc1ccc(N2C(=O)C(O)=C(C(=O)c3cc4cccc(OC)c4o3)C2c2ccc(C(C)(C)C)cc2)cc1. The van der Waals surface area contributed by atoms with E-state index in [1.54, 1.807) is 48.5 Å². The van der Waals surface area contributed by atoms with E-state index in [2.05, 4.69) is 20.8 Å². The van der Waals surface area contributed by atoms with E-state index in [9.17, 15) is 14.7 Å². The normalized spacial score (nSPS) is 15.8. The summed E-state index contributed by atoms with van der Waals surface area (Å²) in [7, 11) is 1.52. The van der Waals surface area contributed by atoms with Crippen LogP contribution in [0.1, 0.15) is 55.4 Å². The van der Waals surface area contributed by atoms with Crippen LogP contribution in [0.2, 0.25) is 0 Å². The summed E-state index contributed by atoms with van der Waals surface area (Å²) in [5.41, 5.74) is 2.61. The number of nitrogens with zero attached hydrogens (tertiary/aromatic N) is 1. The van der Waals surface area contributed by atoms with Crippen molar-refractivity contribution >= 4 is 28.3 Å². The highest BCUT2D eigenvalue weighted by Crippen LogP contribution is 2.43. The van der Waals surface area contributed by atoms with Crippen molar-refractivity contribution in [2.75, 3.05) is 18.6 Å². The average Bonchev–Trinajstić information content (AvgIpc) is 3.48. The first-order valence-corrected chi connectivity index (χ1v) is 12.8. The molecule has 2 heterocycles. The fraction of sp³-hybridized carbons (Fsp3) is 0.250. The molecule has 0 bridgehead atoms. The van der Waals surface area contributed by atoms with Crippen LogP contribution in [0, 0.1) is 0 Å². The quantitative estimate of drug-likeness (QED) is 0.264.